The summed E-state index contributed by atoms with van der Waals surface area (Å²) in [6.07, 6.45) is 0.296. The SMILES string of the molecule is O=[N+]([O-])c1ccc(NCC2(O)CCCC2)c(C(F)F)c1. The third kappa shape index (κ3) is 3.22. The molecule has 0 spiro atoms. The Morgan fingerprint density at radius 3 is 2.60 bits per heavy atom. The fraction of sp³-hybridized carbons (Fsp3) is 0.538. The Labute approximate surface area is 114 Å². The standard InChI is InChI=1S/C13H16F2N2O3/c14-12(15)10-7-9(17(19)20)3-4-11(10)16-8-13(18)5-1-2-6-13/h3-4,7,12,16,18H,1-2,5-6,8H2. The van der Waals surface area contributed by atoms with Crippen molar-refractivity contribution in [2.24, 2.45) is 0 Å². The molecule has 0 heterocycles. The highest BCUT2D eigenvalue weighted by molar-refractivity contribution is 5.56. The first-order valence-electron chi connectivity index (χ1n) is 6.44. The lowest BCUT2D eigenvalue weighted by Crippen LogP contribution is -2.33. The molecule has 0 amide bonds. The van der Waals surface area contributed by atoms with E-state index in [1.807, 2.05) is 0 Å². The van der Waals surface area contributed by atoms with Gasteiger partial charge in [0.15, 0.2) is 0 Å². The normalized spacial score (nSPS) is 17.4. The molecule has 0 atom stereocenters. The molecule has 2 N–H and O–H groups in total. The minimum Gasteiger partial charge on any atom is -0.388 e. The highest BCUT2D eigenvalue weighted by atomic mass is 19.3. The van der Waals surface area contributed by atoms with Gasteiger partial charge in [0.1, 0.15) is 0 Å². The zero-order valence-electron chi connectivity index (χ0n) is 10.8. The summed E-state index contributed by atoms with van der Waals surface area (Å²) >= 11 is 0. The summed E-state index contributed by atoms with van der Waals surface area (Å²) in [6, 6.07) is 3.30. The summed E-state index contributed by atoms with van der Waals surface area (Å²) in [5.74, 6) is 0. The van der Waals surface area contributed by atoms with Gasteiger partial charge < -0.3 is 10.4 Å². The number of hydrogen-bond acceptors (Lipinski definition) is 4. The molecule has 0 bridgehead atoms. The van der Waals surface area contributed by atoms with E-state index in [-0.39, 0.29) is 17.9 Å². The predicted octanol–water partition coefficient (Wildman–Crippen LogP) is 3.25. The molecular weight excluding hydrogens is 270 g/mol. The van der Waals surface area contributed by atoms with Crippen LogP contribution in [-0.2, 0) is 0 Å². The van der Waals surface area contributed by atoms with Crippen molar-refractivity contribution in [3.8, 4) is 0 Å². The van der Waals surface area contributed by atoms with Gasteiger partial charge in [0.05, 0.1) is 10.5 Å². The highest BCUT2D eigenvalue weighted by Gasteiger charge is 2.31. The molecule has 5 nitrogen and oxygen atoms in total. The van der Waals surface area contributed by atoms with Gasteiger partial charge in [0.2, 0.25) is 0 Å². The first-order valence-corrected chi connectivity index (χ1v) is 6.44. The number of rotatable bonds is 5. The van der Waals surface area contributed by atoms with Crippen LogP contribution < -0.4 is 5.32 Å². The number of non-ortho nitro benzene ring substituents is 1. The van der Waals surface area contributed by atoms with Gasteiger partial charge in [-0.05, 0) is 18.9 Å². The number of alkyl halides is 2. The summed E-state index contributed by atoms with van der Waals surface area (Å²) in [7, 11) is 0. The Morgan fingerprint density at radius 1 is 1.40 bits per heavy atom. The van der Waals surface area contributed by atoms with Crippen LogP contribution in [0.25, 0.3) is 0 Å². The maximum Gasteiger partial charge on any atom is 0.270 e. The third-order valence-electron chi connectivity index (χ3n) is 3.62. The molecule has 1 fully saturated rings. The van der Waals surface area contributed by atoms with Gasteiger partial charge in [0, 0.05) is 29.9 Å². The topological polar surface area (TPSA) is 75.4 Å². The van der Waals surface area contributed by atoms with E-state index in [1.54, 1.807) is 0 Å². The van der Waals surface area contributed by atoms with Gasteiger partial charge in [-0.3, -0.25) is 10.1 Å². The first kappa shape index (κ1) is 14.6. The van der Waals surface area contributed by atoms with E-state index in [0.717, 1.165) is 18.9 Å². The van der Waals surface area contributed by atoms with Gasteiger partial charge in [0.25, 0.3) is 12.1 Å². The lowest BCUT2D eigenvalue weighted by molar-refractivity contribution is -0.385. The van der Waals surface area contributed by atoms with Crippen molar-refractivity contribution in [3.63, 3.8) is 0 Å². The number of aliphatic hydroxyl groups is 1. The average molecular weight is 286 g/mol. The van der Waals surface area contributed by atoms with Crippen molar-refractivity contribution >= 4 is 11.4 Å². The van der Waals surface area contributed by atoms with Crippen LogP contribution in [-0.4, -0.2) is 22.2 Å². The van der Waals surface area contributed by atoms with Crippen molar-refractivity contribution in [1.82, 2.24) is 0 Å². The lowest BCUT2D eigenvalue weighted by atomic mass is 10.0. The van der Waals surface area contributed by atoms with Crippen LogP contribution in [0, 0.1) is 10.1 Å². The van der Waals surface area contributed by atoms with Gasteiger partial charge >= 0.3 is 0 Å². The lowest BCUT2D eigenvalue weighted by Gasteiger charge is -2.23. The van der Waals surface area contributed by atoms with Crippen molar-refractivity contribution in [2.45, 2.75) is 37.7 Å². The van der Waals surface area contributed by atoms with E-state index in [4.69, 9.17) is 0 Å². The second-order valence-corrected chi connectivity index (χ2v) is 5.11. The molecule has 0 radical (unpaired) electrons. The zero-order valence-corrected chi connectivity index (χ0v) is 10.8. The Balaban J connectivity index is 2.16. The largest absolute Gasteiger partial charge is 0.388 e. The minimum absolute atomic E-state index is 0.130. The number of hydrogen-bond donors (Lipinski definition) is 2. The predicted molar refractivity (Wildman–Crippen MR) is 70.0 cm³/mol. The van der Waals surface area contributed by atoms with E-state index < -0.39 is 22.5 Å². The molecule has 0 unspecified atom stereocenters. The molecule has 0 aliphatic heterocycles. The summed E-state index contributed by atoms with van der Waals surface area (Å²) in [4.78, 5) is 9.90. The van der Waals surface area contributed by atoms with Crippen LogP contribution >= 0.6 is 0 Å². The number of nitrogens with one attached hydrogen (secondary N) is 1. The van der Waals surface area contributed by atoms with E-state index in [0.29, 0.717) is 12.8 Å². The number of nitro groups is 1. The number of nitrogens with zero attached hydrogens (tertiary/aromatic N) is 1. The van der Waals surface area contributed by atoms with Crippen molar-refractivity contribution in [3.05, 3.63) is 33.9 Å². The van der Waals surface area contributed by atoms with Crippen molar-refractivity contribution in [2.75, 3.05) is 11.9 Å². The van der Waals surface area contributed by atoms with Gasteiger partial charge in [-0.15, -0.1) is 0 Å². The van der Waals surface area contributed by atoms with Crippen LogP contribution in [0.5, 0.6) is 0 Å². The third-order valence-corrected chi connectivity index (χ3v) is 3.62. The Morgan fingerprint density at radius 2 is 2.05 bits per heavy atom. The quantitative estimate of drug-likeness (QED) is 0.643. The first-order chi connectivity index (χ1) is 9.41. The Kier molecular flexibility index (Phi) is 4.17. The molecule has 1 aliphatic rings. The number of anilines is 1. The van der Waals surface area contributed by atoms with Crippen LogP contribution in [0.15, 0.2) is 18.2 Å². The molecule has 1 aliphatic carbocycles. The molecule has 1 aromatic carbocycles. The summed E-state index contributed by atoms with van der Waals surface area (Å²) in [6.45, 7) is 0.171. The van der Waals surface area contributed by atoms with E-state index in [2.05, 4.69) is 5.32 Å². The van der Waals surface area contributed by atoms with Crippen LogP contribution in [0.3, 0.4) is 0 Å². The van der Waals surface area contributed by atoms with Gasteiger partial charge in [-0.1, -0.05) is 12.8 Å². The number of benzene rings is 1. The summed E-state index contributed by atoms with van der Waals surface area (Å²) < 4.78 is 25.9. The second-order valence-electron chi connectivity index (χ2n) is 5.11. The van der Waals surface area contributed by atoms with Crippen molar-refractivity contribution < 1.29 is 18.8 Å². The molecule has 2 rings (SSSR count). The molecule has 1 saturated carbocycles. The van der Waals surface area contributed by atoms with Gasteiger partial charge in [-0.25, -0.2) is 8.78 Å². The molecule has 0 saturated heterocycles. The van der Waals surface area contributed by atoms with E-state index >= 15 is 0 Å². The zero-order chi connectivity index (χ0) is 14.8. The van der Waals surface area contributed by atoms with Crippen LogP contribution in [0.1, 0.15) is 37.7 Å². The Bertz CT molecular complexity index is 502. The van der Waals surface area contributed by atoms with E-state index in [1.165, 1.54) is 12.1 Å². The molecule has 110 valence electrons. The molecule has 1 aromatic rings. The fourth-order valence-corrected chi connectivity index (χ4v) is 2.47. The average Bonchev–Trinajstić information content (AvgIpc) is 2.83. The highest BCUT2D eigenvalue weighted by Crippen LogP contribution is 2.33. The summed E-state index contributed by atoms with van der Waals surface area (Å²) in [5.41, 5.74) is -1.53. The second kappa shape index (κ2) is 5.70. The number of nitro benzene ring substituents is 1. The monoisotopic (exact) mass is 286 g/mol. The Hall–Kier alpha value is -1.76. The number of halogens is 2. The van der Waals surface area contributed by atoms with Crippen LogP contribution in [0.2, 0.25) is 0 Å². The maximum absolute atomic E-state index is 12.9. The van der Waals surface area contributed by atoms with Gasteiger partial charge in [-0.2, -0.15) is 0 Å². The summed E-state index contributed by atoms with van der Waals surface area (Å²) in [5, 5.41) is 23.6. The van der Waals surface area contributed by atoms with E-state index in [9.17, 15) is 24.0 Å². The van der Waals surface area contributed by atoms with Crippen LogP contribution in [0.4, 0.5) is 20.2 Å². The minimum atomic E-state index is -2.81. The fourth-order valence-electron chi connectivity index (χ4n) is 2.47. The molecule has 0 aromatic heterocycles. The maximum atomic E-state index is 12.9. The molecule has 7 heteroatoms. The smallest absolute Gasteiger partial charge is 0.270 e. The molecular formula is C13H16F2N2O3. The van der Waals surface area contributed by atoms with Crippen molar-refractivity contribution in [1.29, 1.82) is 0 Å². The molecule has 20 heavy (non-hydrogen) atoms.